The molecule has 0 radical (unpaired) electrons. The molecule has 0 saturated heterocycles. The molecular weight excluding hydrogens is 260 g/mol. The number of thiophene rings is 1. The van der Waals surface area contributed by atoms with Crippen molar-refractivity contribution in [2.24, 2.45) is 5.73 Å². The van der Waals surface area contributed by atoms with Crippen molar-refractivity contribution in [3.05, 3.63) is 22.4 Å². The van der Waals surface area contributed by atoms with Crippen LogP contribution >= 0.6 is 11.3 Å². The maximum atomic E-state index is 11.7. The van der Waals surface area contributed by atoms with Crippen LogP contribution in [0.4, 0.5) is 0 Å². The lowest BCUT2D eigenvalue weighted by Gasteiger charge is -2.26. The lowest BCUT2D eigenvalue weighted by atomic mass is 9.94. The minimum absolute atomic E-state index is 0.0126. The predicted molar refractivity (Wildman–Crippen MR) is 77.5 cm³/mol. The maximum Gasteiger partial charge on any atom is 0.261 e. The largest absolute Gasteiger partial charge is 0.378 e. The van der Waals surface area contributed by atoms with E-state index >= 15 is 0 Å². The summed E-state index contributed by atoms with van der Waals surface area (Å²) in [4.78, 5) is 12.4. The third-order valence-corrected chi connectivity index (χ3v) is 4.29. The quantitative estimate of drug-likeness (QED) is 0.786. The van der Waals surface area contributed by atoms with Gasteiger partial charge in [0.05, 0.1) is 11.0 Å². The summed E-state index contributed by atoms with van der Waals surface area (Å²) in [5, 5.41) is 4.81. The van der Waals surface area contributed by atoms with Crippen LogP contribution in [0.25, 0.3) is 0 Å². The molecule has 0 bridgehead atoms. The topological polar surface area (TPSA) is 64.3 Å². The van der Waals surface area contributed by atoms with Gasteiger partial charge in [-0.2, -0.15) is 0 Å². The second kappa shape index (κ2) is 7.62. The molecule has 3 N–H and O–H groups in total. The molecule has 0 aliphatic heterocycles. The van der Waals surface area contributed by atoms with Crippen molar-refractivity contribution >= 4 is 17.2 Å². The van der Waals surface area contributed by atoms with Gasteiger partial charge in [-0.05, 0) is 43.6 Å². The number of hydrogen-bond acceptors (Lipinski definition) is 4. The first-order valence-corrected chi connectivity index (χ1v) is 7.82. The average molecular weight is 282 g/mol. The molecule has 1 heterocycles. The van der Waals surface area contributed by atoms with Crippen LogP contribution in [0.15, 0.2) is 17.5 Å². The second-order valence-corrected chi connectivity index (χ2v) is 5.94. The van der Waals surface area contributed by atoms with Gasteiger partial charge in [0.25, 0.3) is 5.91 Å². The highest BCUT2D eigenvalue weighted by Crippen LogP contribution is 2.19. The van der Waals surface area contributed by atoms with E-state index in [1.807, 2.05) is 17.5 Å². The summed E-state index contributed by atoms with van der Waals surface area (Å²) in [6, 6.07) is 4.09. The lowest BCUT2D eigenvalue weighted by Crippen LogP contribution is -2.31. The van der Waals surface area contributed by atoms with Crippen LogP contribution in [-0.2, 0) is 4.74 Å². The molecule has 1 saturated carbocycles. The molecule has 0 spiro atoms. The third-order valence-electron chi connectivity index (χ3n) is 3.42. The van der Waals surface area contributed by atoms with Crippen LogP contribution in [0.1, 0.15) is 41.8 Å². The number of nitrogens with one attached hydrogen (secondary N) is 1. The molecule has 4 nitrogen and oxygen atoms in total. The van der Waals surface area contributed by atoms with Crippen molar-refractivity contribution in [3.8, 4) is 0 Å². The summed E-state index contributed by atoms with van der Waals surface area (Å²) in [6.45, 7) is 1.38. The van der Waals surface area contributed by atoms with Crippen molar-refractivity contribution < 1.29 is 9.53 Å². The standard InChI is InChI=1S/C14H22N2O2S/c15-11-4-6-12(7-5-11)18-9-2-8-16-14(17)13-3-1-10-19-13/h1,3,10-12H,2,4-9,15H2,(H,16,17). The van der Waals surface area contributed by atoms with Gasteiger partial charge in [-0.1, -0.05) is 6.07 Å². The van der Waals surface area contributed by atoms with Gasteiger partial charge in [0.2, 0.25) is 0 Å². The van der Waals surface area contributed by atoms with E-state index in [9.17, 15) is 4.79 Å². The van der Waals surface area contributed by atoms with E-state index in [1.54, 1.807) is 0 Å². The number of carbonyl (C=O) groups is 1. The Kier molecular flexibility index (Phi) is 5.82. The SMILES string of the molecule is NC1CCC(OCCCNC(=O)c2cccs2)CC1. The molecule has 1 amide bonds. The van der Waals surface area contributed by atoms with Gasteiger partial charge >= 0.3 is 0 Å². The Bertz CT molecular complexity index is 373. The van der Waals surface area contributed by atoms with Crippen molar-refractivity contribution in [1.82, 2.24) is 5.32 Å². The van der Waals surface area contributed by atoms with Crippen LogP contribution in [0, 0.1) is 0 Å². The molecule has 1 aliphatic carbocycles. The fourth-order valence-electron chi connectivity index (χ4n) is 2.27. The second-order valence-electron chi connectivity index (χ2n) is 4.99. The van der Waals surface area contributed by atoms with Crippen LogP contribution in [-0.4, -0.2) is 31.2 Å². The van der Waals surface area contributed by atoms with E-state index < -0.39 is 0 Å². The number of carbonyl (C=O) groups excluding carboxylic acids is 1. The summed E-state index contributed by atoms with van der Waals surface area (Å²) in [5.74, 6) is 0.0126. The number of nitrogens with two attached hydrogens (primary N) is 1. The average Bonchev–Trinajstić information content (AvgIpc) is 2.94. The van der Waals surface area contributed by atoms with Crippen molar-refractivity contribution in [2.45, 2.75) is 44.2 Å². The van der Waals surface area contributed by atoms with Gasteiger partial charge < -0.3 is 15.8 Å². The minimum Gasteiger partial charge on any atom is -0.378 e. The smallest absolute Gasteiger partial charge is 0.261 e. The molecule has 0 aromatic carbocycles. The van der Waals surface area contributed by atoms with E-state index in [-0.39, 0.29) is 5.91 Å². The van der Waals surface area contributed by atoms with Gasteiger partial charge in [-0.15, -0.1) is 11.3 Å². The Labute approximate surface area is 118 Å². The first-order valence-electron chi connectivity index (χ1n) is 6.94. The van der Waals surface area contributed by atoms with Gasteiger partial charge in [-0.3, -0.25) is 4.79 Å². The summed E-state index contributed by atoms with van der Waals surface area (Å²) >= 11 is 1.46. The molecule has 0 unspecified atom stereocenters. The minimum atomic E-state index is 0.0126. The van der Waals surface area contributed by atoms with E-state index in [1.165, 1.54) is 11.3 Å². The summed E-state index contributed by atoms with van der Waals surface area (Å²) in [7, 11) is 0. The van der Waals surface area contributed by atoms with Crippen LogP contribution in [0.2, 0.25) is 0 Å². The molecule has 1 aromatic rings. The van der Waals surface area contributed by atoms with Crippen LogP contribution in [0.3, 0.4) is 0 Å². The zero-order valence-corrected chi connectivity index (χ0v) is 12.0. The van der Waals surface area contributed by atoms with Gasteiger partial charge in [0.1, 0.15) is 0 Å². The van der Waals surface area contributed by atoms with Crippen LogP contribution in [0.5, 0.6) is 0 Å². The number of amides is 1. The lowest BCUT2D eigenvalue weighted by molar-refractivity contribution is 0.0241. The fourth-order valence-corrected chi connectivity index (χ4v) is 2.91. The van der Waals surface area contributed by atoms with Crippen molar-refractivity contribution in [1.29, 1.82) is 0 Å². The molecule has 106 valence electrons. The Balaban J connectivity index is 1.51. The first-order chi connectivity index (χ1) is 9.25. The Morgan fingerprint density at radius 2 is 2.21 bits per heavy atom. The molecule has 5 heteroatoms. The van der Waals surface area contributed by atoms with Crippen LogP contribution < -0.4 is 11.1 Å². The molecule has 19 heavy (non-hydrogen) atoms. The van der Waals surface area contributed by atoms with Gasteiger partial charge in [0.15, 0.2) is 0 Å². The summed E-state index contributed by atoms with van der Waals surface area (Å²) in [5.41, 5.74) is 5.85. The zero-order chi connectivity index (χ0) is 13.5. The van der Waals surface area contributed by atoms with E-state index in [0.29, 0.717) is 25.3 Å². The Morgan fingerprint density at radius 3 is 2.89 bits per heavy atom. The highest BCUT2D eigenvalue weighted by Gasteiger charge is 2.18. The number of ether oxygens (including phenoxy) is 1. The molecule has 2 rings (SSSR count). The third kappa shape index (κ3) is 4.93. The molecule has 0 atom stereocenters. The molecule has 1 fully saturated rings. The zero-order valence-electron chi connectivity index (χ0n) is 11.1. The van der Waals surface area contributed by atoms with E-state index in [4.69, 9.17) is 10.5 Å². The first kappa shape index (κ1) is 14.5. The number of rotatable bonds is 6. The van der Waals surface area contributed by atoms with E-state index in [2.05, 4.69) is 5.32 Å². The highest BCUT2D eigenvalue weighted by molar-refractivity contribution is 7.12. The summed E-state index contributed by atoms with van der Waals surface area (Å²) < 4.78 is 5.80. The van der Waals surface area contributed by atoms with E-state index in [0.717, 1.165) is 37.0 Å². The predicted octanol–water partition coefficient (Wildman–Crippen LogP) is 2.15. The van der Waals surface area contributed by atoms with Crippen molar-refractivity contribution in [2.75, 3.05) is 13.2 Å². The monoisotopic (exact) mass is 282 g/mol. The Morgan fingerprint density at radius 1 is 1.42 bits per heavy atom. The summed E-state index contributed by atoms with van der Waals surface area (Å²) in [6.07, 6.45) is 5.51. The van der Waals surface area contributed by atoms with Crippen molar-refractivity contribution in [3.63, 3.8) is 0 Å². The van der Waals surface area contributed by atoms with Gasteiger partial charge in [-0.25, -0.2) is 0 Å². The molecule has 1 aliphatic rings. The number of hydrogen-bond donors (Lipinski definition) is 2. The maximum absolute atomic E-state index is 11.7. The molecular formula is C14H22N2O2S. The molecule has 1 aromatic heterocycles. The fraction of sp³-hybridized carbons (Fsp3) is 0.643. The Hall–Kier alpha value is -0.910. The highest BCUT2D eigenvalue weighted by atomic mass is 32.1. The van der Waals surface area contributed by atoms with Gasteiger partial charge in [0, 0.05) is 19.2 Å². The normalized spacial score (nSPS) is 23.2.